The van der Waals surface area contributed by atoms with Gasteiger partial charge in [-0.1, -0.05) is 12.1 Å². The standard InChI is InChI=1S/C8H9F2N.ClH/c9-5-8(11)6-2-1-3-7(10)4-6;/h1-4,8H,5,11H2;1H/t8-;/m0./s1. The van der Waals surface area contributed by atoms with E-state index in [4.69, 9.17) is 5.73 Å². The minimum absolute atomic E-state index is 0. The minimum atomic E-state index is -0.703. The molecule has 1 aromatic rings. The molecule has 0 saturated carbocycles. The molecule has 0 heterocycles. The van der Waals surface area contributed by atoms with Gasteiger partial charge in [-0.2, -0.15) is 0 Å². The van der Waals surface area contributed by atoms with Crippen LogP contribution in [0.15, 0.2) is 24.3 Å². The zero-order chi connectivity index (χ0) is 8.27. The number of halogens is 3. The summed E-state index contributed by atoms with van der Waals surface area (Å²) in [4.78, 5) is 0. The van der Waals surface area contributed by atoms with Crippen molar-refractivity contribution in [3.05, 3.63) is 35.6 Å². The molecule has 0 bridgehead atoms. The van der Waals surface area contributed by atoms with E-state index in [9.17, 15) is 8.78 Å². The maximum Gasteiger partial charge on any atom is 0.123 e. The fraction of sp³-hybridized carbons (Fsp3) is 0.250. The van der Waals surface area contributed by atoms with Gasteiger partial charge in [0, 0.05) is 0 Å². The Morgan fingerprint density at radius 1 is 1.42 bits per heavy atom. The zero-order valence-electron chi connectivity index (χ0n) is 6.34. The highest BCUT2D eigenvalue weighted by Crippen LogP contribution is 2.11. The van der Waals surface area contributed by atoms with Crippen LogP contribution in [0.3, 0.4) is 0 Å². The van der Waals surface area contributed by atoms with E-state index >= 15 is 0 Å². The van der Waals surface area contributed by atoms with E-state index in [1.807, 2.05) is 0 Å². The Morgan fingerprint density at radius 3 is 2.58 bits per heavy atom. The van der Waals surface area contributed by atoms with Crippen molar-refractivity contribution >= 4 is 12.4 Å². The lowest BCUT2D eigenvalue weighted by Crippen LogP contribution is -2.11. The van der Waals surface area contributed by atoms with Crippen molar-refractivity contribution in [2.24, 2.45) is 5.73 Å². The Labute approximate surface area is 76.0 Å². The number of nitrogens with two attached hydrogens (primary N) is 1. The van der Waals surface area contributed by atoms with Gasteiger partial charge in [-0.05, 0) is 17.7 Å². The van der Waals surface area contributed by atoms with Crippen LogP contribution in [-0.4, -0.2) is 6.67 Å². The number of benzene rings is 1. The second-order valence-corrected chi connectivity index (χ2v) is 2.32. The van der Waals surface area contributed by atoms with Crippen LogP contribution in [-0.2, 0) is 0 Å². The first kappa shape index (κ1) is 11.3. The van der Waals surface area contributed by atoms with Crippen molar-refractivity contribution in [3.63, 3.8) is 0 Å². The van der Waals surface area contributed by atoms with Crippen molar-refractivity contribution in [2.75, 3.05) is 6.67 Å². The molecule has 1 atom stereocenters. The number of rotatable bonds is 2. The minimum Gasteiger partial charge on any atom is -0.322 e. The van der Waals surface area contributed by atoms with Crippen molar-refractivity contribution in [1.82, 2.24) is 0 Å². The highest BCUT2D eigenvalue weighted by Gasteiger charge is 2.04. The summed E-state index contributed by atoms with van der Waals surface area (Å²) in [7, 11) is 0. The van der Waals surface area contributed by atoms with Crippen LogP contribution in [0.25, 0.3) is 0 Å². The van der Waals surface area contributed by atoms with Gasteiger partial charge >= 0.3 is 0 Å². The van der Waals surface area contributed by atoms with Crippen molar-refractivity contribution in [1.29, 1.82) is 0 Å². The summed E-state index contributed by atoms with van der Waals surface area (Å²) in [5, 5.41) is 0. The molecule has 2 N–H and O–H groups in total. The molecule has 0 unspecified atom stereocenters. The summed E-state index contributed by atoms with van der Waals surface area (Å²) in [5.41, 5.74) is 5.81. The molecule has 0 spiro atoms. The number of hydrogen-bond donors (Lipinski definition) is 1. The smallest absolute Gasteiger partial charge is 0.123 e. The molecule has 0 aliphatic carbocycles. The predicted octanol–water partition coefficient (Wildman–Crippen LogP) is 2.22. The fourth-order valence-corrected chi connectivity index (χ4v) is 0.826. The van der Waals surface area contributed by atoms with E-state index in [-0.39, 0.29) is 18.2 Å². The van der Waals surface area contributed by atoms with E-state index < -0.39 is 12.7 Å². The van der Waals surface area contributed by atoms with Gasteiger partial charge in [-0.25, -0.2) is 8.78 Å². The van der Waals surface area contributed by atoms with Gasteiger partial charge in [0.05, 0.1) is 6.04 Å². The van der Waals surface area contributed by atoms with Crippen LogP contribution >= 0.6 is 12.4 Å². The Hall–Kier alpha value is -0.670. The van der Waals surface area contributed by atoms with Crippen LogP contribution < -0.4 is 5.73 Å². The van der Waals surface area contributed by atoms with E-state index in [0.717, 1.165) is 0 Å². The van der Waals surface area contributed by atoms with E-state index in [2.05, 4.69) is 0 Å². The molecule has 1 rings (SSSR count). The van der Waals surface area contributed by atoms with Gasteiger partial charge in [0.1, 0.15) is 12.5 Å². The van der Waals surface area contributed by atoms with Gasteiger partial charge in [0.25, 0.3) is 0 Å². The number of hydrogen-bond acceptors (Lipinski definition) is 1. The maximum atomic E-state index is 12.5. The molecule has 0 aliphatic rings. The lowest BCUT2D eigenvalue weighted by Gasteiger charge is -2.05. The Bertz CT molecular complexity index is 242. The monoisotopic (exact) mass is 193 g/mol. The molecule has 68 valence electrons. The summed E-state index contributed by atoms with van der Waals surface area (Å²) in [5.74, 6) is -0.383. The zero-order valence-corrected chi connectivity index (χ0v) is 7.15. The SMILES string of the molecule is Cl.N[C@@H](CF)c1cccc(F)c1. The highest BCUT2D eigenvalue weighted by molar-refractivity contribution is 5.85. The third-order valence-electron chi connectivity index (χ3n) is 1.44. The molecule has 4 heteroatoms. The topological polar surface area (TPSA) is 26.0 Å². The van der Waals surface area contributed by atoms with Crippen molar-refractivity contribution < 1.29 is 8.78 Å². The second kappa shape index (κ2) is 5.06. The summed E-state index contributed by atoms with van der Waals surface area (Å²) < 4.78 is 24.4. The van der Waals surface area contributed by atoms with Crippen LogP contribution in [0.2, 0.25) is 0 Å². The highest BCUT2D eigenvalue weighted by atomic mass is 35.5. The average molecular weight is 194 g/mol. The van der Waals surface area contributed by atoms with Gasteiger partial charge in [0.2, 0.25) is 0 Å². The third-order valence-corrected chi connectivity index (χ3v) is 1.44. The van der Waals surface area contributed by atoms with Crippen molar-refractivity contribution in [3.8, 4) is 0 Å². The quantitative estimate of drug-likeness (QED) is 0.766. The molecule has 0 amide bonds. The van der Waals surface area contributed by atoms with Gasteiger partial charge in [0.15, 0.2) is 0 Å². The van der Waals surface area contributed by atoms with Gasteiger partial charge in [-0.3, -0.25) is 0 Å². The Morgan fingerprint density at radius 2 is 2.08 bits per heavy atom. The maximum absolute atomic E-state index is 12.5. The lowest BCUT2D eigenvalue weighted by atomic mass is 10.1. The molecule has 12 heavy (non-hydrogen) atoms. The molecule has 1 aromatic carbocycles. The fourth-order valence-electron chi connectivity index (χ4n) is 0.826. The van der Waals surface area contributed by atoms with E-state index in [0.29, 0.717) is 5.56 Å². The molecule has 0 radical (unpaired) electrons. The Kier molecular flexibility index (Phi) is 4.78. The van der Waals surface area contributed by atoms with E-state index in [1.54, 1.807) is 6.07 Å². The summed E-state index contributed by atoms with van der Waals surface area (Å²) in [6, 6.07) is 4.96. The van der Waals surface area contributed by atoms with Gasteiger partial charge in [-0.15, -0.1) is 12.4 Å². The average Bonchev–Trinajstić information content (AvgIpc) is 2.03. The lowest BCUT2D eigenvalue weighted by molar-refractivity contribution is 0.436. The van der Waals surface area contributed by atoms with Crippen molar-refractivity contribution in [2.45, 2.75) is 6.04 Å². The third kappa shape index (κ3) is 2.75. The molecule has 1 nitrogen and oxygen atoms in total. The normalized spacial score (nSPS) is 11.9. The summed E-state index contributed by atoms with van der Waals surface area (Å²) in [6.45, 7) is -0.663. The van der Waals surface area contributed by atoms with Crippen LogP contribution in [0, 0.1) is 5.82 Å². The predicted molar refractivity (Wildman–Crippen MR) is 46.6 cm³/mol. The van der Waals surface area contributed by atoms with Crippen LogP contribution in [0.5, 0.6) is 0 Å². The molecule has 0 fully saturated rings. The molecule has 0 aromatic heterocycles. The summed E-state index contributed by atoms with van der Waals surface area (Å²) in [6.07, 6.45) is 0. The second-order valence-electron chi connectivity index (χ2n) is 2.32. The number of alkyl halides is 1. The van der Waals surface area contributed by atoms with Gasteiger partial charge < -0.3 is 5.73 Å². The first-order chi connectivity index (χ1) is 5.24. The molecular formula is C8H10ClF2N. The Balaban J connectivity index is 0.00000121. The van der Waals surface area contributed by atoms with Crippen LogP contribution in [0.4, 0.5) is 8.78 Å². The molecule has 0 saturated heterocycles. The molecule has 0 aliphatic heterocycles. The molecular weight excluding hydrogens is 184 g/mol. The first-order valence-corrected chi connectivity index (χ1v) is 3.31. The first-order valence-electron chi connectivity index (χ1n) is 3.31. The summed E-state index contributed by atoms with van der Waals surface area (Å²) >= 11 is 0. The van der Waals surface area contributed by atoms with E-state index in [1.165, 1.54) is 18.2 Å². The largest absolute Gasteiger partial charge is 0.322 e. The van der Waals surface area contributed by atoms with Crippen LogP contribution in [0.1, 0.15) is 11.6 Å².